The predicted octanol–water partition coefficient (Wildman–Crippen LogP) is 6.52. The lowest BCUT2D eigenvalue weighted by Crippen LogP contribution is -1.79. The molecule has 0 aromatic heterocycles. The molecule has 0 aliphatic carbocycles. The molecule has 0 N–H and O–H groups in total. The first-order valence-corrected chi connectivity index (χ1v) is 7.74. The average molecular weight is 318 g/mol. The van der Waals surface area contributed by atoms with Gasteiger partial charge in [-0.2, -0.15) is 0 Å². The van der Waals surface area contributed by atoms with Crippen LogP contribution in [0.25, 0.3) is 0 Å². The van der Waals surface area contributed by atoms with Crippen LogP contribution in [-0.4, -0.2) is 0 Å². The summed E-state index contributed by atoms with van der Waals surface area (Å²) in [6.07, 6.45) is 8.58. The second-order valence-corrected chi connectivity index (χ2v) is 6.09. The Kier molecular flexibility index (Phi) is 13.2. The molecular weight excluding hydrogens is 290 g/mol. The van der Waals surface area contributed by atoms with Gasteiger partial charge in [0.1, 0.15) is 0 Å². The van der Waals surface area contributed by atoms with Gasteiger partial charge in [-0.05, 0) is 40.7 Å². The Morgan fingerprint density at radius 3 is 1.43 bits per heavy atom. The maximum Gasteiger partial charge on any atom is -0.0302 e. The molecule has 0 rings (SSSR count). The maximum atomic E-state index is 3.86. The van der Waals surface area contributed by atoms with Gasteiger partial charge in [0.2, 0.25) is 0 Å². The van der Waals surface area contributed by atoms with E-state index in [1.165, 1.54) is 0 Å². The Labute approximate surface area is 135 Å². The molecule has 0 aromatic rings. The molecule has 0 saturated heterocycles. The molecule has 2 unspecified atom stereocenters. The van der Waals surface area contributed by atoms with E-state index in [1.54, 1.807) is 0 Å². The van der Waals surface area contributed by atoms with Crippen molar-refractivity contribution in [1.29, 1.82) is 0 Å². The van der Waals surface area contributed by atoms with Crippen LogP contribution in [0.3, 0.4) is 0 Å². The minimum absolute atomic E-state index is 0.947. The van der Waals surface area contributed by atoms with Gasteiger partial charge in [-0.25, -0.2) is 0 Å². The first kappa shape index (κ1) is 22.1. The SMILES string of the molecule is C=C(P)/C=C\C(=C)C(=C)C.C=C(P)/C=C\C(=C)C(=C)CC. The predicted molar refractivity (Wildman–Crippen MR) is 109 cm³/mol. The Bertz CT molecular complexity index is 500. The molecule has 0 heterocycles. The zero-order chi connectivity index (χ0) is 17.0. The molecule has 0 amide bonds. The van der Waals surface area contributed by atoms with Crippen molar-refractivity contribution in [2.45, 2.75) is 20.3 Å². The average Bonchev–Trinajstić information content (AvgIpc) is 2.41. The molecule has 21 heavy (non-hydrogen) atoms. The Morgan fingerprint density at radius 1 is 0.762 bits per heavy atom. The van der Waals surface area contributed by atoms with Crippen LogP contribution >= 0.6 is 18.5 Å². The molecule has 0 aliphatic rings. The topological polar surface area (TPSA) is 0 Å². The number of allylic oxidation sites excluding steroid dienone is 10. The highest BCUT2D eigenvalue weighted by Crippen LogP contribution is 2.12. The van der Waals surface area contributed by atoms with Gasteiger partial charge >= 0.3 is 0 Å². The van der Waals surface area contributed by atoms with Crippen molar-refractivity contribution in [2.75, 3.05) is 0 Å². The molecule has 2 atom stereocenters. The van der Waals surface area contributed by atoms with Gasteiger partial charge in [0.05, 0.1) is 0 Å². The molecule has 0 saturated carbocycles. The van der Waals surface area contributed by atoms with Crippen LogP contribution in [-0.2, 0) is 0 Å². The van der Waals surface area contributed by atoms with E-state index < -0.39 is 0 Å². The number of hydrogen-bond acceptors (Lipinski definition) is 0. The minimum atomic E-state index is 0.947. The summed E-state index contributed by atoms with van der Waals surface area (Å²) < 4.78 is 0. The monoisotopic (exact) mass is 318 g/mol. The summed E-state index contributed by atoms with van der Waals surface area (Å²) >= 11 is 0. The maximum absolute atomic E-state index is 3.86. The summed E-state index contributed by atoms with van der Waals surface area (Å²) in [6.45, 7) is 26.7. The van der Waals surface area contributed by atoms with Gasteiger partial charge in [0, 0.05) is 0 Å². The highest BCUT2D eigenvalue weighted by Gasteiger charge is 1.90. The zero-order valence-corrected chi connectivity index (χ0v) is 15.7. The van der Waals surface area contributed by atoms with Gasteiger partial charge < -0.3 is 0 Å². The third-order valence-corrected chi connectivity index (χ3v) is 2.81. The molecule has 0 spiro atoms. The van der Waals surface area contributed by atoms with Gasteiger partial charge in [-0.3, -0.25) is 0 Å². The largest absolute Gasteiger partial charge is 0.106 e. The summed E-state index contributed by atoms with van der Waals surface area (Å²) in [5.41, 5.74) is 4.00. The van der Waals surface area contributed by atoms with E-state index in [2.05, 4.69) is 64.9 Å². The standard InChI is InChI=1S/C10H15P.C9H13P/c1-5-8(2)9(3)6-7-10(4)11;1-7(2)8(3)5-6-9(4)10/h6-7H,2-5,11H2,1H3;5-6H,1,3-4,10H2,2H3/b7-6-;6-5-. The highest BCUT2D eigenvalue weighted by atomic mass is 31.0. The second-order valence-electron chi connectivity index (χ2n) is 4.60. The fraction of sp³-hybridized carbons (Fsp3) is 0.158. The van der Waals surface area contributed by atoms with Crippen LogP contribution in [0.4, 0.5) is 0 Å². The van der Waals surface area contributed by atoms with Gasteiger partial charge in [-0.1, -0.05) is 76.3 Å². The van der Waals surface area contributed by atoms with Crippen LogP contribution in [0, 0.1) is 0 Å². The first-order chi connectivity index (χ1) is 9.61. The normalized spacial score (nSPS) is 9.90. The van der Waals surface area contributed by atoms with Crippen LogP contribution in [0.5, 0.6) is 0 Å². The van der Waals surface area contributed by atoms with Crippen molar-refractivity contribution in [1.82, 2.24) is 0 Å². The summed E-state index contributed by atoms with van der Waals surface area (Å²) in [5, 5.41) is 1.90. The fourth-order valence-electron chi connectivity index (χ4n) is 0.902. The third kappa shape index (κ3) is 15.0. The Balaban J connectivity index is 0. The smallest absolute Gasteiger partial charge is 0.0302 e. The van der Waals surface area contributed by atoms with Gasteiger partial charge in [0.15, 0.2) is 0 Å². The fourth-order valence-corrected chi connectivity index (χ4v) is 1.09. The number of rotatable bonds is 7. The first-order valence-electron chi connectivity index (χ1n) is 6.58. The van der Waals surface area contributed by atoms with E-state index in [-0.39, 0.29) is 0 Å². The van der Waals surface area contributed by atoms with Crippen molar-refractivity contribution in [2.24, 2.45) is 0 Å². The third-order valence-electron chi connectivity index (χ3n) is 2.43. The number of hydrogen-bond donors (Lipinski definition) is 0. The molecule has 2 heteroatoms. The van der Waals surface area contributed by atoms with Crippen LogP contribution in [0.2, 0.25) is 0 Å². The van der Waals surface area contributed by atoms with Crippen LogP contribution in [0.15, 0.2) is 96.7 Å². The lowest BCUT2D eigenvalue weighted by molar-refractivity contribution is 1.14. The zero-order valence-electron chi connectivity index (χ0n) is 13.4. The Morgan fingerprint density at radius 2 is 1.14 bits per heavy atom. The van der Waals surface area contributed by atoms with E-state index in [4.69, 9.17) is 0 Å². The van der Waals surface area contributed by atoms with E-state index in [1.807, 2.05) is 31.2 Å². The molecular formula is C19H28P2. The molecule has 0 nitrogen and oxygen atoms in total. The van der Waals surface area contributed by atoms with Crippen molar-refractivity contribution in [3.05, 3.63) is 96.7 Å². The van der Waals surface area contributed by atoms with Crippen LogP contribution in [0.1, 0.15) is 20.3 Å². The molecule has 0 fully saturated rings. The van der Waals surface area contributed by atoms with E-state index in [0.717, 1.165) is 39.3 Å². The summed E-state index contributed by atoms with van der Waals surface area (Å²) in [7, 11) is 5.02. The van der Waals surface area contributed by atoms with E-state index in [0.29, 0.717) is 0 Å². The Hall–Kier alpha value is -1.22. The molecule has 0 bridgehead atoms. The molecule has 114 valence electrons. The quantitative estimate of drug-likeness (QED) is 0.370. The van der Waals surface area contributed by atoms with E-state index >= 15 is 0 Å². The summed E-state index contributed by atoms with van der Waals surface area (Å²) in [5.74, 6) is 0. The minimum Gasteiger partial charge on any atom is -0.106 e. The molecule has 0 aliphatic heterocycles. The summed E-state index contributed by atoms with van der Waals surface area (Å²) in [4.78, 5) is 0. The lowest BCUT2D eigenvalue weighted by atomic mass is 10.1. The van der Waals surface area contributed by atoms with Gasteiger partial charge in [-0.15, -0.1) is 18.5 Å². The molecule has 0 radical (unpaired) electrons. The van der Waals surface area contributed by atoms with Gasteiger partial charge in [0.25, 0.3) is 0 Å². The highest BCUT2D eigenvalue weighted by molar-refractivity contribution is 7.23. The molecule has 0 aromatic carbocycles. The second kappa shape index (κ2) is 12.5. The lowest BCUT2D eigenvalue weighted by Gasteiger charge is -1.99. The van der Waals surface area contributed by atoms with Crippen molar-refractivity contribution in [3.8, 4) is 0 Å². The summed E-state index contributed by atoms with van der Waals surface area (Å²) in [6, 6.07) is 0. The van der Waals surface area contributed by atoms with Crippen LogP contribution < -0.4 is 0 Å². The van der Waals surface area contributed by atoms with Crippen molar-refractivity contribution < 1.29 is 0 Å². The van der Waals surface area contributed by atoms with Crippen molar-refractivity contribution in [3.63, 3.8) is 0 Å². The van der Waals surface area contributed by atoms with E-state index in [9.17, 15) is 0 Å². The van der Waals surface area contributed by atoms with Crippen molar-refractivity contribution >= 4 is 18.5 Å².